The summed E-state index contributed by atoms with van der Waals surface area (Å²) < 4.78 is 13.1. The Bertz CT molecular complexity index is 1670. The lowest BCUT2D eigenvalue weighted by molar-refractivity contribution is -0.245. The topological polar surface area (TPSA) is 121 Å². The van der Waals surface area contributed by atoms with Gasteiger partial charge in [-0.3, -0.25) is 5.10 Å². The summed E-state index contributed by atoms with van der Waals surface area (Å²) in [5.74, 6) is 0.688. The van der Waals surface area contributed by atoms with Crippen molar-refractivity contribution in [2.45, 2.75) is 49.8 Å². The summed E-state index contributed by atoms with van der Waals surface area (Å²) in [4.78, 5) is 16.6. The van der Waals surface area contributed by atoms with Gasteiger partial charge in [-0.05, 0) is 45.5 Å². The van der Waals surface area contributed by atoms with Crippen molar-refractivity contribution in [1.29, 1.82) is 0 Å². The second-order valence-corrected chi connectivity index (χ2v) is 11.8. The van der Waals surface area contributed by atoms with Crippen molar-refractivity contribution in [2.24, 2.45) is 0 Å². The number of rotatable bonds is 11. The van der Waals surface area contributed by atoms with Gasteiger partial charge in [0, 0.05) is 30.8 Å². The Morgan fingerprint density at radius 3 is 2.31 bits per heavy atom. The van der Waals surface area contributed by atoms with Gasteiger partial charge >= 0.3 is 6.03 Å². The molecule has 1 saturated heterocycles. The van der Waals surface area contributed by atoms with Crippen molar-refractivity contribution in [2.75, 3.05) is 5.75 Å². The molecular formula is C35H35N5O4S. The molecule has 10 heteroatoms. The highest BCUT2D eigenvalue weighted by atomic mass is 32.2. The molecule has 0 unspecified atom stereocenters. The van der Waals surface area contributed by atoms with Crippen molar-refractivity contribution >= 4 is 17.8 Å². The number of hydrogen-bond donors (Lipinski definition) is 4. The van der Waals surface area contributed by atoms with Crippen LogP contribution in [0.3, 0.4) is 0 Å². The fraction of sp³-hybridized carbons (Fsp3) is 0.229. The van der Waals surface area contributed by atoms with E-state index < -0.39 is 6.29 Å². The highest BCUT2D eigenvalue weighted by Gasteiger charge is 2.32. The predicted octanol–water partition coefficient (Wildman–Crippen LogP) is 6.30. The smallest absolute Gasteiger partial charge is 0.315 e. The van der Waals surface area contributed by atoms with Gasteiger partial charge in [0.15, 0.2) is 11.4 Å². The van der Waals surface area contributed by atoms with Crippen LogP contribution in [-0.2, 0) is 29.2 Å². The fourth-order valence-electron chi connectivity index (χ4n) is 5.21. The van der Waals surface area contributed by atoms with E-state index >= 15 is 0 Å². The van der Waals surface area contributed by atoms with E-state index in [0.29, 0.717) is 25.3 Å². The zero-order chi connectivity index (χ0) is 30.8. The molecule has 230 valence electrons. The molecule has 1 aliphatic heterocycles. The van der Waals surface area contributed by atoms with Crippen LogP contribution in [0.25, 0.3) is 11.1 Å². The van der Waals surface area contributed by atoms with Gasteiger partial charge in [-0.1, -0.05) is 103 Å². The maximum atomic E-state index is 12.4. The molecule has 2 amide bonds. The molecule has 0 saturated carbocycles. The summed E-state index contributed by atoms with van der Waals surface area (Å²) in [5, 5.41) is 22.9. The summed E-state index contributed by atoms with van der Waals surface area (Å²) in [6.07, 6.45) is 1.35. The molecule has 0 spiro atoms. The third-order valence-corrected chi connectivity index (χ3v) is 8.59. The van der Waals surface area contributed by atoms with Gasteiger partial charge in [0.2, 0.25) is 0 Å². The maximum Gasteiger partial charge on any atom is 0.315 e. The minimum atomic E-state index is -0.570. The number of benzene rings is 4. The van der Waals surface area contributed by atoms with E-state index in [1.54, 1.807) is 11.8 Å². The van der Waals surface area contributed by atoms with Crippen LogP contribution >= 0.6 is 11.8 Å². The maximum absolute atomic E-state index is 12.4. The lowest BCUT2D eigenvalue weighted by Crippen LogP contribution is -2.34. The zero-order valence-electron chi connectivity index (χ0n) is 24.6. The van der Waals surface area contributed by atoms with Crippen molar-refractivity contribution in [1.82, 2.24) is 25.8 Å². The van der Waals surface area contributed by atoms with Crippen LogP contribution in [0, 0.1) is 0 Å². The summed E-state index contributed by atoms with van der Waals surface area (Å²) in [6.45, 7) is 0.878. The van der Waals surface area contributed by atoms with Gasteiger partial charge in [0.05, 0.1) is 18.8 Å². The Balaban J connectivity index is 1.14. The number of ether oxygens (including phenoxy) is 2. The van der Waals surface area contributed by atoms with Crippen molar-refractivity contribution in [3.05, 3.63) is 137 Å². The molecule has 45 heavy (non-hydrogen) atoms. The number of aromatic amines is 1. The number of hydrogen-bond acceptors (Lipinski definition) is 7. The Kier molecular flexibility index (Phi) is 10.2. The average Bonchev–Trinajstić information content (AvgIpc) is 3.63. The van der Waals surface area contributed by atoms with Crippen LogP contribution in [0.5, 0.6) is 0 Å². The first-order valence-electron chi connectivity index (χ1n) is 14.9. The van der Waals surface area contributed by atoms with Crippen LogP contribution < -0.4 is 10.6 Å². The van der Waals surface area contributed by atoms with E-state index in [2.05, 4.69) is 50.1 Å². The monoisotopic (exact) mass is 621 g/mol. The van der Waals surface area contributed by atoms with E-state index in [4.69, 9.17) is 9.47 Å². The van der Waals surface area contributed by atoms with Gasteiger partial charge < -0.3 is 25.2 Å². The van der Waals surface area contributed by atoms with Gasteiger partial charge in [0.25, 0.3) is 0 Å². The van der Waals surface area contributed by atoms with Crippen molar-refractivity contribution in [3.8, 4) is 11.1 Å². The lowest BCUT2D eigenvalue weighted by Gasteiger charge is -2.36. The summed E-state index contributed by atoms with van der Waals surface area (Å²) >= 11 is 1.57. The first-order chi connectivity index (χ1) is 22.1. The van der Waals surface area contributed by atoms with E-state index in [9.17, 15) is 9.90 Å². The van der Waals surface area contributed by atoms with Gasteiger partial charge in [-0.15, -0.1) is 0 Å². The summed E-state index contributed by atoms with van der Waals surface area (Å²) in [7, 11) is 0. The highest BCUT2D eigenvalue weighted by molar-refractivity contribution is 7.99. The quantitative estimate of drug-likeness (QED) is 0.128. The number of nitrogens with zero attached hydrogens (tertiary/aromatic N) is 2. The number of nitrogens with one attached hydrogen (secondary N) is 3. The first-order valence-corrected chi connectivity index (χ1v) is 15.8. The molecule has 0 aliphatic carbocycles. The molecule has 4 aromatic carbocycles. The van der Waals surface area contributed by atoms with Crippen LogP contribution in [0.4, 0.5) is 4.79 Å². The molecule has 1 aliphatic rings. The van der Waals surface area contributed by atoms with E-state index in [0.717, 1.165) is 44.1 Å². The van der Waals surface area contributed by atoms with Crippen LogP contribution in [-0.4, -0.2) is 38.2 Å². The number of amides is 2. The molecule has 0 bridgehead atoms. The number of aliphatic hydroxyl groups excluding tert-OH is 1. The van der Waals surface area contributed by atoms with E-state index in [1.165, 1.54) is 6.33 Å². The summed E-state index contributed by atoms with van der Waals surface area (Å²) in [5.41, 5.74) is 6.92. The van der Waals surface area contributed by atoms with E-state index in [-0.39, 0.29) is 24.8 Å². The molecule has 4 N–H and O–H groups in total. The molecule has 9 nitrogen and oxygen atoms in total. The Morgan fingerprint density at radius 1 is 0.822 bits per heavy atom. The number of carbonyl (C=O) groups excluding carboxylic acids is 1. The van der Waals surface area contributed by atoms with Gasteiger partial charge in [-0.2, -0.15) is 5.10 Å². The van der Waals surface area contributed by atoms with Crippen LogP contribution in [0.1, 0.15) is 46.6 Å². The third-order valence-electron chi connectivity index (χ3n) is 7.58. The second-order valence-electron chi connectivity index (χ2n) is 10.8. The molecule has 0 radical (unpaired) electrons. The summed E-state index contributed by atoms with van der Waals surface area (Å²) in [6, 6.07) is 33.8. The minimum Gasteiger partial charge on any atom is -0.392 e. The predicted molar refractivity (Wildman–Crippen MR) is 173 cm³/mol. The molecule has 3 atom stereocenters. The Hall–Kier alpha value is -4.48. The Labute approximate surface area is 266 Å². The largest absolute Gasteiger partial charge is 0.392 e. The number of carbonyl (C=O) groups is 1. The number of aliphatic hydroxyl groups is 1. The highest BCUT2D eigenvalue weighted by Crippen LogP contribution is 2.40. The molecule has 2 heterocycles. The minimum absolute atomic E-state index is 0.000498. The third kappa shape index (κ3) is 8.37. The SMILES string of the molecule is O=C(NCc1ccccc1)NCc1cccc(-c2cccc([C@H]3O[C@@H](CSc4ncn[nH]4)C[C@@H](c4ccc(CO)cc4)O3)c2)c1. The number of urea groups is 1. The Morgan fingerprint density at radius 2 is 1.56 bits per heavy atom. The van der Waals surface area contributed by atoms with Crippen LogP contribution in [0.2, 0.25) is 0 Å². The molecule has 1 fully saturated rings. The molecule has 5 aromatic rings. The average molecular weight is 622 g/mol. The van der Waals surface area contributed by atoms with Gasteiger partial charge in [-0.25, -0.2) is 9.78 Å². The first kappa shape index (κ1) is 30.5. The fourth-order valence-corrected chi connectivity index (χ4v) is 6.00. The number of thioether (sulfide) groups is 1. The molecule has 6 rings (SSSR count). The number of aromatic nitrogens is 3. The zero-order valence-corrected chi connectivity index (χ0v) is 25.5. The lowest BCUT2D eigenvalue weighted by atomic mass is 9.99. The van der Waals surface area contributed by atoms with Gasteiger partial charge in [0.1, 0.15) is 6.33 Å². The molecule has 1 aromatic heterocycles. The number of H-pyrrole nitrogens is 1. The standard InChI is InChI=1S/C35H35N5O4S/c41-21-25-12-14-27(15-13-25)32-18-31(22-45-35-38-23-39-40-35)43-33(44-32)30-11-5-10-29(17-30)28-9-4-8-26(16-28)20-37-34(42)36-19-24-6-2-1-3-7-24/h1-17,23,31-33,41H,18-22H2,(H2,36,37,42)(H,38,39,40)/t31-,32+,33+/m1/s1. The van der Waals surface area contributed by atoms with Crippen molar-refractivity contribution < 1.29 is 19.4 Å². The molecular weight excluding hydrogens is 586 g/mol. The normalized spacial score (nSPS) is 17.9. The second kappa shape index (κ2) is 15.0. The van der Waals surface area contributed by atoms with E-state index in [1.807, 2.05) is 78.9 Å². The van der Waals surface area contributed by atoms with Crippen molar-refractivity contribution in [3.63, 3.8) is 0 Å². The van der Waals surface area contributed by atoms with Crippen LogP contribution in [0.15, 0.2) is 115 Å².